The maximum absolute atomic E-state index is 12.7. The summed E-state index contributed by atoms with van der Waals surface area (Å²) in [5, 5.41) is 6.61. The number of rotatable bonds is 5. The van der Waals surface area contributed by atoms with Gasteiger partial charge in [-0.05, 0) is 36.8 Å². The highest BCUT2D eigenvalue weighted by Crippen LogP contribution is 2.26. The Hall–Kier alpha value is -2.73. The van der Waals surface area contributed by atoms with Crippen molar-refractivity contribution < 1.29 is 9.59 Å². The number of benzene rings is 2. The minimum atomic E-state index is -0.167. The third-order valence-electron chi connectivity index (χ3n) is 3.95. The molecule has 26 heavy (non-hydrogen) atoms. The third kappa shape index (κ3) is 4.26. The molecule has 0 spiro atoms. The maximum Gasteiger partial charge on any atom is 0.224 e. The minimum absolute atomic E-state index is 0. The van der Waals surface area contributed by atoms with Crippen molar-refractivity contribution in [2.75, 3.05) is 12.4 Å². The number of nitrogens with one attached hydrogen (secondary N) is 2. The Morgan fingerprint density at radius 3 is 2.42 bits per heavy atom. The van der Waals surface area contributed by atoms with E-state index in [1.165, 1.54) is 0 Å². The van der Waals surface area contributed by atoms with Crippen molar-refractivity contribution in [3.63, 3.8) is 0 Å². The van der Waals surface area contributed by atoms with Crippen molar-refractivity contribution in [2.24, 2.45) is 0 Å². The molecule has 0 unspecified atom stereocenters. The van der Waals surface area contributed by atoms with Gasteiger partial charge in [-0.15, -0.1) is 11.3 Å². The topological polar surface area (TPSA) is 75.3 Å². The molecule has 0 fully saturated rings. The first-order valence-corrected chi connectivity index (χ1v) is 8.86. The highest BCUT2D eigenvalue weighted by molar-refractivity contribution is 7.24. The lowest BCUT2D eigenvalue weighted by molar-refractivity contribution is -0.120. The standard InChI is InChI=1S/C19H18N2O3S.CH4/c1-20-17(22)7-4-8-18(23)21-12-9-10-16-14(11-12)19(24)13-5-2-3-6-15(13)25-16;/h2-3,5-6,9-11H,4,7-8H2,1H3,(H,20,22)(H,21,23);1H4. The predicted molar refractivity (Wildman–Crippen MR) is 109 cm³/mol. The summed E-state index contributed by atoms with van der Waals surface area (Å²) in [6, 6.07) is 12.9. The summed E-state index contributed by atoms with van der Waals surface area (Å²) < 4.78 is 1.84. The zero-order chi connectivity index (χ0) is 17.8. The van der Waals surface area contributed by atoms with Crippen LogP contribution in [0.2, 0.25) is 0 Å². The number of hydrogen-bond donors (Lipinski definition) is 2. The summed E-state index contributed by atoms with van der Waals surface area (Å²) in [6.45, 7) is 0. The van der Waals surface area contributed by atoms with Crippen LogP contribution >= 0.6 is 11.3 Å². The van der Waals surface area contributed by atoms with Crippen LogP contribution in [0, 0.1) is 0 Å². The molecule has 136 valence electrons. The normalized spacial score (nSPS) is 10.3. The van der Waals surface area contributed by atoms with Gasteiger partial charge in [0.1, 0.15) is 0 Å². The van der Waals surface area contributed by atoms with E-state index in [9.17, 15) is 14.4 Å². The first-order chi connectivity index (χ1) is 12.1. The summed E-state index contributed by atoms with van der Waals surface area (Å²) in [4.78, 5) is 35.8. The van der Waals surface area contributed by atoms with Crippen molar-refractivity contribution in [3.05, 3.63) is 52.7 Å². The van der Waals surface area contributed by atoms with Crippen molar-refractivity contribution in [3.8, 4) is 0 Å². The smallest absolute Gasteiger partial charge is 0.224 e. The van der Waals surface area contributed by atoms with E-state index in [2.05, 4.69) is 10.6 Å². The van der Waals surface area contributed by atoms with Crippen LogP contribution < -0.4 is 16.1 Å². The number of hydrogen-bond acceptors (Lipinski definition) is 4. The van der Waals surface area contributed by atoms with Gasteiger partial charge in [0, 0.05) is 45.7 Å². The molecule has 2 amide bonds. The Kier molecular flexibility index (Phi) is 6.46. The number of carbonyl (C=O) groups is 2. The first kappa shape index (κ1) is 19.6. The van der Waals surface area contributed by atoms with E-state index >= 15 is 0 Å². The van der Waals surface area contributed by atoms with Gasteiger partial charge in [-0.1, -0.05) is 19.6 Å². The zero-order valence-corrected chi connectivity index (χ0v) is 14.6. The van der Waals surface area contributed by atoms with E-state index in [1.54, 1.807) is 30.5 Å². The van der Waals surface area contributed by atoms with Crippen LogP contribution in [0.3, 0.4) is 0 Å². The van der Waals surface area contributed by atoms with E-state index < -0.39 is 0 Å². The number of amides is 2. The average Bonchev–Trinajstić information content (AvgIpc) is 2.62. The van der Waals surface area contributed by atoms with Crippen LogP contribution in [0.25, 0.3) is 20.2 Å². The second kappa shape index (κ2) is 8.58. The van der Waals surface area contributed by atoms with Crippen molar-refractivity contribution in [2.45, 2.75) is 26.7 Å². The number of fused-ring (bicyclic) bond motifs is 2. The van der Waals surface area contributed by atoms with Crippen LogP contribution in [0.1, 0.15) is 26.7 Å². The van der Waals surface area contributed by atoms with Crippen LogP contribution in [-0.4, -0.2) is 18.9 Å². The average molecular weight is 370 g/mol. The van der Waals surface area contributed by atoms with E-state index in [-0.39, 0.29) is 31.1 Å². The fourth-order valence-corrected chi connectivity index (χ4v) is 3.69. The van der Waals surface area contributed by atoms with Gasteiger partial charge in [-0.25, -0.2) is 0 Å². The second-order valence-electron chi connectivity index (χ2n) is 5.71. The van der Waals surface area contributed by atoms with E-state index in [1.807, 2.05) is 30.3 Å². The Morgan fingerprint density at radius 1 is 0.962 bits per heavy atom. The van der Waals surface area contributed by atoms with Gasteiger partial charge in [0.25, 0.3) is 0 Å². The van der Waals surface area contributed by atoms with Gasteiger partial charge in [0.15, 0.2) is 5.43 Å². The molecule has 0 aliphatic carbocycles. The molecular weight excluding hydrogens is 348 g/mol. The lowest BCUT2D eigenvalue weighted by Gasteiger charge is -2.07. The maximum atomic E-state index is 12.7. The highest BCUT2D eigenvalue weighted by atomic mass is 32.1. The molecule has 1 heterocycles. The molecule has 0 atom stereocenters. The van der Waals surface area contributed by atoms with Gasteiger partial charge in [-0.2, -0.15) is 0 Å². The second-order valence-corrected chi connectivity index (χ2v) is 6.80. The number of carbonyl (C=O) groups excluding carboxylic acids is 2. The summed E-state index contributed by atoms with van der Waals surface area (Å²) >= 11 is 1.56. The lowest BCUT2D eigenvalue weighted by Crippen LogP contribution is -2.18. The summed E-state index contributed by atoms with van der Waals surface area (Å²) in [5.74, 6) is -0.247. The molecule has 3 aromatic rings. The van der Waals surface area contributed by atoms with Crippen molar-refractivity contribution in [1.29, 1.82) is 0 Å². The SMILES string of the molecule is C.CNC(=O)CCCC(=O)Nc1ccc2sc3ccccc3c(=O)c2c1. The predicted octanol–water partition coefficient (Wildman–Crippen LogP) is 3.91. The Morgan fingerprint density at radius 2 is 1.65 bits per heavy atom. The summed E-state index contributed by atoms with van der Waals surface area (Å²) in [5.41, 5.74) is 0.567. The molecule has 3 rings (SSSR count). The van der Waals surface area contributed by atoms with Crippen LogP contribution in [0.15, 0.2) is 47.3 Å². The van der Waals surface area contributed by atoms with Gasteiger partial charge < -0.3 is 10.6 Å². The molecule has 6 heteroatoms. The van der Waals surface area contributed by atoms with Gasteiger partial charge in [0.05, 0.1) is 0 Å². The Balaban J connectivity index is 0.00000243. The fraction of sp³-hybridized carbons (Fsp3) is 0.250. The Bertz CT molecular complexity index is 1010. The van der Waals surface area contributed by atoms with Gasteiger partial charge in [0.2, 0.25) is 11.8 Å². The lowest BCUT2D eigenvalue weighted by atomic mass is 10.1. The molecule has 0 aliphatic rings. The van der Waals surface area contributed by atoms with Gasteiger partial charge in [-0.3, -0.25) is 14.4 Å². The molecule has 5 nitrogen and oxygen atoms in total. The molecule has 0 aliphatic heterocycles. The molecule has 0 radical (unpaired) electrons. The fourth-order valence-electron chi connectivity index (χ4n) is 2.64. The minimum Gasteiger partial charge on any atom is -0.359 e. The molecule has 1 aromatic heterocycles. The van der Waals surface area contributed by atoms with Crippen LogP contribution in [0.5, 0.6) is 0 Å². The molecule has 0 saturated carbocycles. The number of anilines is 1. The molecule has 0 bridgehead atoms. The largest absolute Gasteiger partial charge is 0.359 e. The summed E-state index contributed by atoms with van der Waals surface area (Å²) in [6.07, 6.45) is 1.06. The van der Waals surface area contributed by atoms with E-state index in [0.717, 1.165) is 9.40 Å². The zero-order valence-electron chi connectivity index (χ0n) is 13.8. The van der Waals surface area contributed by atoms with E-state index in [0.29, 0.717) is 29.3 Å². The molecule has 2 N–H and O–H groups in total. The van der Waals surface area contributed by atoms with Crippen molar-refractivity contribution >= 4 is 49.0 Å². The first-order valence-electron chi connectivity index (χ1n) is 8.04. The molecule has 0 saturated heterocycles. The molecule has 2 aromatic carbocycles. The van der Waals surface area contributed by atoms with Crippen LogP contribution in [0.4, 0.5) is 5.69 Å². The summed E-state index contributed by atoms with van der Waals surface area (Å²) in [7, 11) is 1.57. The third-order valence-corrected chi connectivity index (χ3v) is 5.10. The quantitative estimate of drug-likeness (QED) is 0.669. The molecular formula is C20H22N2O3S. The Labute approximate surface area is 156 Å². The van der Waals surface area contributed by atoms with E-state index in [4.69, 9.17) is 0 Å². The monoisotopic (exact) mass is 370 g/mol. The van der Waals surface area contributed by atoms with Gasteiger partial charge >= 0.3 is 0 Å². The van der Waals surface area contributed by atoms with Crippen molar-refractivity contribution in [1.82, 2.24) is 5.32 Å². The van der Waals surface area contributed by atoms with Crippen LogP contribution in [-0.2, 0) is 9.59 Å². The highest BCUT2D eigenvalue weighted by Gasteiger charge is 2.09.